The normalized spacial score (nSPS) is 11.3. The largest absolute Gasteiger partial charge is 0.492 e. The van der Waals surface area contributed by atoms with E-state index in [-0.39, 0.29) is 5.88 Å². The van der Waals surface area contributed by atoms with Crippen LogP contribution < -0.4 is 5.32 Å². The van der Waals surface area contributed by atoms with Crippen molar-refractivity contribution in [2.45, 2.75) is 0 Å². The lowest BCUT2D eigenvalue weighted by Gasteiger charge is -2.09. The number of benzene rings is 3. The molecule has 3 aromatic carbocycles. The smallest absolute Gasteiger partial charge is 0.241 e. The lowest BCUT2D eigenvalue weighted by molar-refractivity contribution is 0.455. The molecule has 0 saturated heterocycles. The van der Waals surface area contributed by atoms with E-state index in [1.807, 2.05) is 91.0 Å². The molecular formula is C22H18N4O. The van der Waals surface area contributed by atoms with Gasteiger partial charge in [0, 0.05) is 11.3 Å². The molecule has 27 heavy (non-hydrogen) atoms. The molecule has 0 aliphatic heterocycles. The Morgan fingerprint density at radius 2 is 1.41 bits per heavy atom. The van der Waals surface area contributed by atoms with E-state index in [2.05, 4.69) is 20.3 Å². The van der Waals surface area contributed by atoms with E-state index in [0.717, 1.165) is 16.9 Å². The molecule has 0 radical (unpaired) electrons. The zero-order chi connectivity index (χ0) is 18.5. The summed E-state index contributed by atoms with van der Waals surface area (Å²) >= 11 is 0. The number of aliphatic imine (C=N–C) groups is 1. The molecular weight excluding hydrogens is 336 g/mol. The number of para-hydroxylation sites is 2. The summed E-state index contributed by atoms with van der Waals surface area (Å²) in [5, 5.41) is 13.7. The van der Waals surface area contributed by atoms with Crippen molar-refractivity contribution in [3.63, 3.8) is 0 Å². The van der Waals surface area contributed by atoms with Gasteiger partial charge in [-0.1, -0.05) is 66.7 Å². The number of H-pyrrole nitrogens is 1. The molecule has 0 amide bonds. The predicted octanol–water partition coefficient (Wildman–Crippen LogP) is 4.97. The Morgan fingerprint density at radius 1 is 0.815 bits per heavy atom. The first-order valence-electron chi connectivity index (χ1n) is 8.60. The number of nitrogens with one attached hydrogen (secondary N) is 2. The van der Waals surface area contributed by atoms with Crippen LogP contribution in [-0.4, -0.2) is 20.9 Å². The molecule has 5 heteroatoms. The Kier molecular flexibility index (Phi) is 4.66. The Balaban J connectivity index is 1.77. The van der Waals surface area contributed by atoms with Crippen LogP contribution in [0.1, 0.15) is 5.69 Å². The van der Waals surface area contributed by atoms with Crippen molar-refractivity contribution in [3.05, 3.63) is 96.7 Å². The average molecular weight is 354 g/mol. The topological polar surface area (TPSA) is 73.3 Å². The lowest BCUT2D eigenvalue weighted by Crippen LogP contribution is -2.14. The maximum Gasteiger partial charge on any atom is 0.241 e. The van der Waals surface area contributed by atoms with Gasteiger partial charge in [-0.3, -0.25) is 0 Å². The fraction of sp³-hybridized carbons (Fsp3) is 0. The molecule has 5 nitrogen and oxygen atoms in total. The number of aromatic hydroxyl groups is 1. The second kappa shape index (κ2) is 7.58. The van der Waals surface area contributed by atoms with Gasteiger partial charge >= 0.3 is 0 Å². The zero-order valence-electron chi connectivity index (χ0n) is 14.5. The van der Waals surface area contributed by atoms with Gasteiger partial charge in [-0.05, 0) is 24.3 Å². The van der Waals surface area contributed by atoms with Crippen LogP contribution in [0.15, 0.2) is 96.0 Å². The van der Waals surface area contributed by atoms with Gasteiger partial charge in [0.15, 0.2) is 5.84 Å². The highest BCUT2D eigenvalue weighted by Gasteiger charge is 2.16. The minimum atomic E-state index is -0.105. The van der Waals surface area contributed by atoms with Gasteiger partial charge in [0.25, 0.3) is 0 Å². The molecule has 1 aromatic heterocycles. The van der Waals surface area contributed by atoms with E-state index in [1.54, 1.807) is 0 Å². The predicted molar refractivity (Wildman–Crippen MR) is 108 cm³/mol. The Labute approximate surface area is 157 Å². The number of aromatic amines is 1. The quantitative estimate of drug-likeness (QED) is 0.358. The van der Waals surface area contributed by atoms with E-state index < -0.39 is 0 Å². The van der Waals surface area contributed by atoms with Gasteiger partial charge in [-0.2, -0.15) is 4.98 Å². The van der Waals surface area contributed by atoms with E-state index in [9.17, 15) is 5.11 Å². The van der Waals surface area contributed by atoms with Crippen molar-refractivity contribution < 1.29 is 5.11 Å². The summed E-state index contributed by atoms with van der Waals surface area (Å²) < 4.78 is 0. The van der Waals surface area contributed by atoms with Crippen LogP contribution in [0.5, 0.6) is 5.88 Å². The number of aromatic nitrogens is 2. The Morgan fingerprint density at radius 3 is 2.07 bits per heavy atom. The fourth-order valence-corrected chi connectivity index (χ4v) is 2.70. The molecule has 4 rings (SSSR count). The number of amidine groups is 1. The van der Waals surface area contributed by atoms with Gasteiger partial charge in [-0.15, -0.1) is 0 Å². The first kappa shape index (κ1) is 16.6. The molecule has 4 aromatic rings. The molecule has 0 fully saturated rings. The summed E-state index contributed by atoms with van der Waals surface area (Å²) in [5.41, 5.74) is 2.95. The first-order chi connectivity index (χ1) is 13.3. The second-order valence-electron chi connectivity index (χ2n) is 5.94. The van der Waals surface area contributed by atoms with Crippen LogP contribution in [0, 0.1) is 0 Å². The molecule has 132 valence electrons. The van der Waals surface area contributed by atoms with Gasteiger partial charge < -0.3 is 15.4 Å². The number of imidazole rings is 1. The maximum absolute atomic E-state index is 10.5. The van der Waals surface area contributed by atoms with Crippen molar-refractivity contribution in [1.82, 2.24) is 9.97 Å². The van der Waals surface area contributed by atoms with Crippen LogP contribution in [0.3, 0.4) is 0 Å². The van der Waals surface area contributed by atoms with Crippen molar-refractivity contribution in [2.75, 3.05) is 5.32 Å². The van der Waals surface area contributed by atoms with Crippen LogP contribution in [0.25, 0.3) is 11.4 Å². The molecule has 0 aliphatic rings. The molecule has 0 unspecified atom stereocenters. The fourth-order valence-electron chi connectivity index (χ4n) is 2.70. The van der Waals surface area contributed by atoms with E-state index in [0.29, 0.717) is 17.4 Å². The number of hydrogen-bond donors (Lipinski definition) is 3. The third-order valence-electron chi connectivity index (χ3n) is 4.00. The van der Waals surface area contributed by atoms with Gasteiger partial charge in [0.05, 0.1) is 5.69 Å². The maximum atomic E-state index is 10.5. The van der Waals surface area contributed by atoms with Crippen molar-refractivity contribution in [3.8, 4) is 17.3 Å². The molecule has 0 saturated carbocycles. The van der Waals surface area contributed by atoms with Gasteiger partial charge in [0.1, 0.15) is 11.5 Å². The Bertz CT molecular complexity index is 1040. The highest BCUT2D eigenvalue weighted by Crippen LogP contribution is 2.24. The summed E-state index contributed by atoms with van der Waals surface area (Å²) in [7, 11) is 0. The van der Waals surface area contributed by atoms with Gasteiger partial charge in [-0.25, -0.2) is 4.99 Å². The molecule has 0 spiro atoms. The first-order valence-corrected chi connectivity index (χ1v) is 8.60. The summed E-state index contributed by atoms with van der Waals surface area (Å²) in [4.78, 5) is 12.1. The number of rotatable bonds is 4. The van der Waals surface area contributed by atoms with Crippen molar-refractivity contribution in [2.24, 2.45) is 4.99 Å². The second-order valence-corrected chi connectivity index (χ2v) is 5.94. The lowest BCUT2D eigenvalue weighted by atomic mass is 10.2. The van der Waals surface area contributed by atoms with Crippen molar-refractivity contribution in [1.29, 1.82) is 0 Å². The summed E-state index contributed by atoms with van der Waals surface area (Å²) in [5.74, 6) is 0.963. The summed E-state index contributed by atoms with van der Waals surface area (Å²) in [6.45, 7) is 0. The SMILES string of the molecule is Oc1nc(-c2ccccc2)[nH]c1C(=Nc1ccccc1)Nc1ccccc1. The number of hydrogen-bond acceptors (Lipinski definition) is 3. The standard InChI is InChI=1S/C22H18N4O/c27-22-19(25-20(26-22)16-10-4-1-5-11-16)21(23-17-12-6-2-7-13-17)24-18-14-8-3-9-15-18/h1-15,27H,(H,23,24)(H,25,26). The third kappa shape index (κ3) is 3.88. The van der Waals surface area contributed by atoms with Crippen LogP contribution in [0.2, 0.25) is 0 Å². The van der Waals surface area contributed by atoms with E-state index in [1.165, 1.54) is 0 Å². The van der Waals surface area contributed by atoms with Crippen LogP contribution >= 0.6 is 0 Å². The van der Waals surface area contributed by atoms with E-state index in [4.69, 9.17) is 0 Å². The number of anilines is 1. The van der Waals surface area contributed by atoms with Gasteiger partial charge in [0.2, 0.25) is 5.88 Å². The zero-order valence-corrected chi connectivity index (χ0v) is 14.5. The molecule has 3 N–H and O–H groups in total. The minimum absolute atomic E-state index is 0.105. The molecule has 1 heterocycles. The van der Waals surface area contributed by atoms with Crippen molar-refractivity contribution >= 4 is 17.2 Å². The Hall–Kier alpha value is -3.86. The highest BCUT2D eigenvalue weighted by molar-refractivity contribution is 6.09. The highest BCUT2D eigenvalue weighted by atomic mass is 16.3. The number of nitrogens with zero attached hydrogens (tertiary/aromatic N) is 2. The summed E-state index contributed by atoms with van der Waals surface area (Å²) in [6.07, 6.45) is 0. The van der Waals surface area contributed by atoms with Crippen LogP contribution in [-0.2, 0) is 0 Å². The third-order valence-corrected chi connectivity index (χ3v) is 4.00. The van der Waals surface area contributed by atoms with Crippen LogP contribution in [0.4, 0.5) is 11.4 Å². The van der Waals surface area contributed by atoms with E-state index >= 15 is 0 Å². The molecule has 0 atom stereocenters. The average Bonchev–Trinajstić information content (AvgIpc) is 3.11. The molecule has 0 bridgehead atoms. The minimum Gasteiger partial charge on any atom is -0.492 e. The monoisotopic (exact) mass is 354 g/mol. The summed E-state index contributed by atoms with van der Waals surface area (Å²) in [6, 6.07) is 28.9. The molecule has 0 aliphatic carbocycles.